The fourth-order valence-electron chi connectivity index (χ4n) is 1.49. The first kappa shape index (κ1) is 15.1. The Hall–Kier alpha value is -0.930. The number of hydrogen-bond donors (Lipinski definition) is 0. The van der Waals surface area contributed by atoms with Gasteiger partial charge < -0.3 is 4.90 Å². The summed E-state index contributed by atoms with van der Waals surface area (Å²) in [6, 6.07) is 7.23. The van der Waals surface area contributed by atoms with Crippen LogP contribution >= 0.6 is 23.4 Å². The summed E-state index contributed by atoms with van der Waals surface area (Å²) in [5, 5.41) is 0.870. The Balaban J connectivity index is 2.65. The summed E-state index contributed by atoms with van der Waals surface area (Å²) in [5.41, 5.74) is 0.844. The molecule has 98 valence electrons. The average molecular weight is 284 g/mol. The molecule has 0 aliphatic carbocycles. The van der Waals surface area contributed by atoms with Crippen molar-refractivity contribution >= 4 is 34.3 Å². The lowest BCUT2D eigenvalue weighted by atomic mass is 10.2. The van der Waals surface area contributed by atoms with E-state index in [1.807, 2.05) is 18.2 Å². The average Bonchev–Trinajstić information content (AvgIpc) is 2.38. The third-order valence-corrected chi connectivity index (χ3v) is 4.03. The van der Waals surface area contributed by atoms with E-state index in [9.17, 15) is 4.79 Å². The van der Waals surface area contributed by atoms with Gasteiger partial charge in [0, 0.05) is 23.0 Å². The zero-order valence-corrected chi connectivity index (χ0v) is 12.3. The number of hydrogen-bond acceptors (Lipinski definition) is 2. The van der Waals surface area contributed by atoms with Crippen molar-refractivity contribution in [2.75, 3.05) is 11.9 Å². The van der Waals surface area contributed by atoms with Crippen LogP contribution in [0.15, 0.2) is 36.9 Å². The Labute approximate surface area is 118 Å². The number of rotatable bonds is 5. The van der Waals surface area contributed by atoms with Crippen LogP contribution in [0.2, 0.25) is 5.02 Å². The van der Waals surface area contributed by atoms with Crippen molar-refractivity contribution in [2.45, 2.75) is 25.0 Å². The molecular weight excluding hydrogens is 266 g/mol. The third kappa shape index (κ3) is 4.39. The van der Waals surface area contributed by atoms with Gasteiger partial charge in [-0.3, -0.25) is 4.79 Å². The zero-order chi connectivity index (χ0) is 13.5. The van der Waals surface area contributed by atoms with E-state index in [1.54, 1.807) is 24.1 Å². The molecule has 0 aromatic heterocycles. The summed E-state index contributed by atoms with van der Waals surface area (Å²) < 4.78 is 0. The number of carbonyl (C=O) groups excluding carboxylic acids is 1. The summed E-state index contributed by atoms with van der Waals surface area (Å²) in [4.78, 5) is 13.7. The minimum atomic E-state index is 0.0238. The molecule has 1 amide bonds. The molecule has 1 rings (SSSR count). The van der Waals surface area contributed by atoms with E-state index in [0.717, 1.165) is 18.5 Å². The number of benzene rings is 1. The predicted octanol–water partition coefficient (Wildman–Crippen LogP) is 4.98. The smallest absolute Gasteiger partial charge is 0.286 e. The van der Waals surface area contributed by atoms with Crippen LogP contribution in [0.3, 0.4) is 0 Å². The van der Waals surface area contributed by atoms with Crippen LogP contribution in [0, 0.1) is 0 Å². The Kier molecular flexibility index (Phi) is 6.30. The summed E-state index contributed by atoms with van der Waals surface area (Å²) in [6.07, 6.45) is 3.84. The van der Waals surface area contributed by atoms with E-state index in [0.29, 0.717) is 5.02 Å². The largest absolute Gasteiger partial charge is 0.306 e. The lowest BCUT2D eigenvalue weighted by Gasteiger charge is -2.19. The third-order valence-electron chi connectivity index (χ3n) is 2.58. The molecule has 4 heteroatoms. The van der Waals surface area contributed by atoms with Gasteiger partial charge in [-0.05, 0) is 30.7 Å². The van der Waals surface area contributed by atoms with E-state index < -0.39 is 0 Å². The summed E-state index contributed by atoms with van der Waals surface area (Å²) in [7, 11) is 1.77. The Bertz CT molecular complexity index is 405. The molecule has 2 nitrogen and oxygen atoms in total. The normalized spacial score (nSPS) is 11.9. The molecule has 0 radical (unpaired) electrons. The van der Waals surface area contributed by atoms with E-state index in [1.165, 1.54) is 11.8 Å². The number of thioether (sulfide) groups is 1. The molecule has 1 atom stereocenters. The van der Waals surface area contributed by atoms with Crippen molar-refractivity contribution in [1.82, 2.24) is 0 Å². The van der Waals surface area contributed by atoms with Crippen LogP contribution in [0.4, 0.5) is 10.5 Å². The summed E-state index contributed by atoms with van der Waals surface area (Å²) in [5.74, 6) is 0. The number of anilines is 1. The first-order chi connectivity index (χ1) is 8.58. The summed E-state index contributed by atoms with van der Waals surface area (Å²) in [6.45, 7) is 5.87. The van der Waals surface area contributed by atoms with Gasteiger partial charge >= 0.3 is 0 Å². The van der Waals surface area contributed by atoms with Crippen LogP contribution in [0.1, 0.15) is 19.8 Å². The highest BCUT2D eigenvalue weighted by atomic mass is 35.5. The highest BCUT2D eigenvalue weighted by molar-refractivity contribution is 8.14. The number of amides is 1. The maximum atomic E-state index is 12.1. The van der Waals surface area contributed by atoms with Crippen molar-refractivity contribution in [3.63, 3.8) is 0 Å². The molecule has 0 bridgehead atoms. The Morgan fingerprint density at radius 2 is 2.11 bits per heavy atom. The van der Waals surface area contributed by atoms with Crippen LogP contribution in [0.25, 0.3) is 0 Å². The van der Waals surface area contributed by atoms with Crippen molar-refractivity contribution in [3.8, 4) is 0 Å². The second kappa shape index (κ2) is 7.49. The minimum absolute atomic E-state index is 0.0238. The first-order valence-corrected chi connectivity index (χ1v) is 7.16. The standard InChI is InChI=1S/C14H18ClNOS/c1-4-6-13(5-2)18-14(17)16(3)12-9-7-11(15)8-10-12/h5,7-10,13H,2,4,6H2,1,3H3. The van der Waals surface area contributed by atoms with Crippen LogP contribution in [-0.2, 0) is 0 Å². The summed E-state index contributed by atoms with van der Waals surface area (Å²) >= 11 is 7.13. The maximum Gasteiger partial charge on any atom is 0.286 e. The zero-order valence-electron chi connectivity index (χ0n) is 10.7. The van der Waals surface area contributed by atoms with E-state index in [2.05, 4.69) is 13.5 Å². The predicted molar refractivity (Wildman–Crippen MR) is 81.7 cm³/mol. The lowest BCUT2D eigenvalue weighted by Crippen LogP contribution is -2.23. The van der Waals surface area contributed by atoms with Crippen molar-refractivity contribution in [2.24, 2.45) is 0 Å². The van der Waals surface area contributed by atoms with Gasteiger partial charge in [-0.15, -0.1) is 6.58 Å². The second-order valence-electron chi connectivity index (χ2n) is 3.98. The van der Waals surface area contributed by atoms with Gasteiger partial charge in [0.25, 0.3) is 5.24 Å². The number of halogens is 1. The molecule has 0 saturated heterocycles. The molecule has 0 fully saturated rings. The van der Waals surface area contributed by atoms with Gasteiger partial charge in [-0.2, -0.15) is 0 Å². The Morgan fingerprint density at radius 3 is 2.61 bits per heavy atom. The highest BCUT2D eigenvalue weighted by Crippen LogP contribution is 2.24. The van der Waals surface area contributed by atoms with Crippen molar-refractivity contribution in [1.29, 1.82) is 0 Å². The topological polar surface area (TPSA) is 20.3 Å². The van der Waals surface area contributed by atoms with E-state index in [4.69, 9.17) is 11.6 Å². The SMILES string of the molecule is C=CC(CCC)SC(=O)N(C)c1ccc(Cl)cc1. The van der Waals surface area contributed by atoms with Gasteiger partial charge in [0.05, 0.1) is 0 Å². The number of carbonyl (C=O) groups is 1. The fraction of sp³-hybridized carbons (Fsp3) is 0.357. The number of nitrogens with zero attached hydrogens (tertiary/aromatic N) is 1. The van der Waals surface area contributed by atoms with Crippen LogP contribution < -0.4 is 4.90 Å². The molecule has 0 saturated carbocycles. The molecule has 1 aromatic rings. The van der Waals surface area contributed by atoms with E-state index in [-0.39, 0.29) is 10.5 Å². The molecule has 0 aliphatic heterocycles. The van der Waals surface area contributed by atoms with Crippen LogP contribution in [0.5, 0.6) is 0 Å². The van der Waals surface area contributed by atoms with Gasteiger partial charge in [-0.1, -0.05) is 42.8 Å². The minimum Gasteiger partial charge on any atom is -0.306 e. The van der Waals surface area contributed by atoms with Gasteiger partial charge in [-0.25, -0.2) is 0 Å². The van der Waals surface area contributed by atoms with Crippen molar-refractivity contribution in [3.05, 3.63) is 41.9 Å². The van der Waals surface area contributed by atoms with Crippen LogP contribution in [-0.4, -0.2) is 17.5 Å². The monoisotopic (exact) mass is 283 g/mol. The lowest BCUT2D eigenvalue weighted by molar-refractivity contribution is 0.266. The molecule has 0 heterocycles. The molecule has 0 aliphatic rings. The first-order valence-electron chi connectivity index (χ1n) is 5.91. The van der Waals surface area contributed by atoms with Gasteiger partial charge in [0.2, 0.25) is 0 Å². The highest BCUT2D eigenvalue weighted by Gasteiger charge is 2.16. The maximum absolute atomic E-state index is 12.1. The molecular formula is C14H18ClNOS. The van der Waals surface area contributed by atoms with Gasteiger partial charge in [0.15, 0.2) is 0 Å². The van der Waals surface area contributed by atoms with E-state index >= 15 is 0 Å². The fourth-order valence-corrected chi connectivity index (χ4v) is 2.59. The second-order valence-corrected chi connectivity index (χ2v) is 5.61. The molecule has 1 unspecified atom stereocenters. The Morgan fingerprint density at radius 1 is 1.50 bits per heavy atom. The molecule has 1 aromatic carbocycles. The molecule has 18 heavy (non-hydrogen) atoms. The van der Waals surface area contributed by atoms with Crippen molar-refractivity contribution < 1.29 is 4.79 Å². The molecule has 0 spiro atoms. The molecule has 0 N–H and O–H groups in total. The van der Waals surface area contributed by atoms with Gasteiger partial charge in [0.1, 0.15) is 0 Å². The quantitative estimate of drug-likeness (QED) is 0.710.